The molecule has 0 unspecified atom stereocenters. The first-order chi connectivity index (χ1) is 10.6. The van der Waals surface area contributed by atoms with Crippen LogP contribution in [0.2, 0.25) is 0 Å². The van der Waals surface area contributed by atoms with Gasteiger partial charge in [0, 0.05) is 36.8 Å². The molecule has 6 heteroatoms. The van der Waals surface area contributed by atoms with Crippen molar-refractivity contribution in [3.05, 3.63) is 64.2 Å². The summed E-state index contributed by atoms with van der Waals surface area (Å²) < 4.78 is 0. The molecule has 1 amide bonds. The summed E-state index contributed by atoms with van der Waals surface area (Å²) in [6, 6.07) is 10.8. The lowest BCUT2D eigenvalue weighted by molar-refractivity contribution is 0.0789. The number of fused-ring (bicyclic) bond motifs is 1. The van der Waals surface area contributed by atoms with E-state index in [1.165, 1.54) is 23.1 Å². The van der Waals surface area contributed by atoms with Crippen molar-refractivity contribution in [3.8, 4) is 0 Å². The first kappa shape index (κ1) is 14.1. The van der Waals surface area contributed by atoms with Gasteiger partial charge in [-0.3, -0.25) is 9.59 Å². The van der Waals surface area contributed by atoms with Crippen molar-refractivity contribution in [3.63, 3.8) is 0 Å². The minimum absolute atomic E-state index is 0.212. The summed E-state index contributed by atoms with van der Waals surface area (Å²) in [5.41, 5.74) is 2.18. The predicted molar refractivity (Wildman–Crippen MR) is 83.8 cm³/mol. The molecule has 0 bridgehead atoms. The van der Waals surface area contributed by atoms with Crippen LogP contribution in [0.15, 0.2) is 47.4 Å². The number of para-hydroxylation sites is 1. The molecule has 0 atom stereocenters. The van der Waals surface area contributed by atoms with Crippen LogP contribution in [0.5, 0.6) is 0 Å². The van der Waals surface area contributed by atoms with Gasteiger partial charge in [0.25, 0.3) is 11.5 Å². The van der Waals surface area contributed by atoms with Crippen molar-refractivity contribution in [1.82, 2.24) is 20.1 Å². The van der Waals surface area contributed by atoms with Gasteiger partial charge >= 0.3 is 0 Å². The first-order valence-corrected chi connectivity index (χ1v) is 7.01. The number of likely N-dealkylation sites (N-methyl/N-ethyl adjacent to an activating group) is 1. The van der Waals surface area contributed by atoms with Crippen molar-refractivity contribution in [1.29, 1.82) is 0 Å². The Balaban J connectivity index is 1.69. The minimum Gasteiger partial charge on any atom is -0.361 e. The molecule has 2 aromatic heterocycles. The number of carbonyl (C=O) groups is 1. The van der Waals surface area contributed by atoms with Gasteiger partial charge in [-0.1, -0.05) is 18.2 Å². The van der Waals surface area contributed by atoms with Crippen LogP contribution in [-0.4, -0.2) is 39.6 Å². The third kappa shape index (κ3) is 2.76. The Morgan fingerprint density at radius 1 is 1.23 bits per heavy atom. The molecule has 6 nitrogen and oxygen atoms in total. The molecule has 0 saturated carbocycles. The van der Waals surface area contributed by atoms with Gasteiger partial charge in [0.15, 0.2) is 0 Å². The fourth-order valence-corrected chi connectivity index (χ4v) is 2.39. The van der Waals surface area contributed by atoms with Crippen LogP contribution < -0.4 is 5.56 Å². The van der Waals surface area contributed by atoms with Gasteiger partial charge in [0.1, 0.15) is 5.69 Å². The number of aromatic nitrogens is 3. The maximum atomic E-state index is 12.2. The fourth-order valence-electron chi connectivity index (χ4n) is 2.39. The van der Waals surface area contributed by atoms with Crippen LogP contribution in [-0.2, 0) is 6.42 Å². The molecule has 3 aromatic rings. The monoisotopic (exact) mass is 296 g/mol. The lowest BCUT2D eigenvalue weighted by atomic mass is 10.1. The average Bonchev–Trinajstić information content (AvgIpc) is 2.96. The second-order valence-electron chi connectivity index (χ2n) is 5.14. The number of aromatic amines is 2. The van der Waals surface area contributed by atoms with E-state index in [1.807, 2.05) is 24.4 Å². The van der Waals surface area contributed by atoms with Gasteiger partial charge in [0.2, 0.25) is 0 Å². The SMILES string of the molecule is CN(CCc1c[nH]c2ccccc12)C(=O)c1ccc(=O)[nH]n1. The van der Waals surface area contributed by atoms with Crippen molar-refractivity contribution in [2.75, 3.05) is 13.6 Å². The number of hydrogen-bond acceptors (Lipinski definition) is 3. The first-order valence-electron chi connectivity index (χ1n) is 7.01. The molecule has 22 heavy (non-hydrogen) atoms. The van der Waals surface area contributed by atoms with E-state index in [2.05, 4.69) is 21.2 Å². The zero-order valence-corrected chi connectivity index (χ0v) is 12.2. The zero-order valence-electron chi connectivity index (χ0n) is 12.2. The number of amides is 1. The average molecular weight is 296 g/mol. The highest BCUT2D eigenvalue weighted by Crippen LogP contribution is 2.18. The Labute approximate surface area is 126 Å². The lowest BCUT2D eigenvalue weighted by Crippen LogP contribution is -2.30. The summed E-state index contributed by atoms with van der Waals surface area (Å²) >= 11 is 0. The van der Waals surface area contributed by atoms with E-state index in [0.29, 0.717) is 6.54 Å². The van der Waals surface area contributed by atoms with E-state index in [9.17, 15) is 9.59 Å². The van der Waals surface area contributed by atoms with Crippen LogP contribution in [0.3, 0.4) is 0 Å². The van der Waals surface area contributed by atoms with Crippen LogP contribution in [0.1, 0.15) is 16.1 Å². The van der Waals surface area contributed by atoms with Crippen LogP contribution in [0.4, 0.5) is 0 Å². The number of benzene rings is 1. The fraction of sp³-hybridized carbons (Fsp3) is 0.188. The largest absolute Gasteiger partial charge is 0.361 e. The van der Waals surface area contributed by atoms with E-state index in [-0.39, 0.29) is 17.2 Å². The molecule has 0 aliphatic carbocycles. The smallest absolute Gasteiger partial charge is 0.274 e. The van der Waals surface area contributed by atoms with Crippen LogP contribution >= 0.6 is 0 Å². The molecule has 0 fully saturated rings. The Kier molecular flexibility index (Phi) is 3.74. The molecule has 0 saturated heterocycles. The highest BCUT2D eigenvalue weighted by Gasteiger charge is 2.14. The molecule has 2 heterocycles. The highest BCUT2D eigenvalue weighted by molar-refractivity contribution is 5.92. The van der Waals surface area contributed by atoms with Crippen molar-refractivity contribution >= 4 is 16.8 Å². The second-order valence-corrected chi connectivity index (χ2v) is 5.14. The van der Waals surface area contributed by atoms with Gasteiger partial charge in [0.05, 0.1) is 0 Å². The van der Waals surface area contributed by atoms with E-state index < -0.39 is 0 Å². The summed E-state index contributed by atoms with van der Waals surface area (Å²) in [6.07, 6.45) is 2.72. The van der Waals surface area contributed by atoms with E-state index in [4.69, 9.17) is 0 Å². The van der Waals surface area contributed by atoms with Gasteiger partial charge in [-0.15, -0.1) is 0 Å². The molecule has 0 aliphatic heterocycles. The maximum absolute atomic E-state index is 12.2. The number of nitrogens with one attached hydrogen (secondary N) is 2. The number of nitrogens with zero attached hydrogens (tertiary/aromatic N) is 2. The predicted octanol–water partition coefficient (Wildman–Crippen LogP) is 1.57. The van der Waals surface area contributed by atoms with Gasteiger partial charge in [-0.2, -0.15) is 5.10 Å². The Morgan fingerprint density at radius 2 is 2.05 bits per heavy atom. The molecule has 0 radical (unpaired) electrons. The molecule has 1 aromatic carbocycles. The van der Waals surface area contributed by atoms with E-state index in [0.717, 1.165) is 11.9 Å². The lowest BCUT2D eigenvalue weighted by Gasteiger charge is -2.16. The van der Waals surface area contributed by atoms with Crippen molar-refractivity contribution in [2.24, 2.45) is 0 Å². The number of rotatable bonds is 4. The third-order valence-electron chi connectivity index (χ3n) is 3.64. The summed E-state index contributed by atoms with van der Waals surface area (Å²) in [5, 5.41) is 7.20. The maximum Gasteiger partial charge on any atom is 0.274 e. The van der Waals surface area contributed by atoms with E-state index in [1.54, 1.807) is 11.9 Å². The molecule has 3 rings (SSSR count). The topological polar surface area (TPSA) is 81.9 Å². The summed E-state index contributed by atoms with van der Waals surface area (Å²) in [4.78, 5) is 28.0. The standard InChI is InChI=1S/C16H16N4O2/c1-20(16(22)14-6-7-15(21)19-18-14)9-8-11-10-17-13-5-3-2-4-12(11)13/h2-7,10,17H,8-9H2,1H3,(H,19,21). The Morgan fingerprint density at radius 3 is 2.82 bits per heavy atom. The normalized spacial score (nSPS) is 10.8. The zero-order chi connectivity index (χ0) is 15.5. The number of carbonyl (C=O) groups excluding carboxylic acids is 1. The second kappa shape index (κ2) is 5.85. The van der Waals surface area contributed by atoms with Crippen LogP contribution in [0.25, 0.3) is 10.9 Å². The van der Waals surface area contributed by atoms with Crippen molar-refractivity contribution in [2.45, 2.75) is 6.42 Å². The molecule has 2 N–H and O–H groups in total. The molecule has 112 valence electrons. The summed E-state index contributed by atoms with van der Waals surface area (Å²) in [5.74, 6) is -0.212. The summed E-state index contributed by atoms with van der Waals surface area (Å²) in [7, 11) is 1.73. The van der Waals surface area contributed by atoms with Gasteiger partial charge in [-0.05, 0) is 24.1 Å². The molecular weight excluding hydrogens is 280 g/mol. The third-order valence-corrected chi connectivity index (χ3v) is 3.64. The number of H-pyrrole nitrogens is 2. The van der Waals surface area contributed by atoms with Crippen LogP contribution in [0, 0.1) is 0 Å². The quantitative estimate of drug-likeness (QED) is 0.766. The van der Waals surface area contributed by atoms with Gasteiger partial charge < -0.3 is 9.88 Å². The molecule has 0 spiro atoms. The Hall–Kier alpha value is -2.89. The minimum atomic E-state index is -0.321. The van der Waals surface area contributed by atoms with Gasteiger partial charge in [-0.25, -0.2) is 5.10 Å². The van der Waals surface area contributed by atoms with Crippen molar-refractivity contribution < 1.29 is 4.79 Å². The summed E-state index contributed by atoms with van der Waals surface area (Å²) in [6.45, 7) is 0.571. The number of hydrogen-bond donors (Lipinski definition) is 2. The van der Waals surface area contributed by atoms with E-state index >= 15 is 0 Å². The highest BCUT2D eigenvalue weighted by atomic mass is 16.2. The Bertz CT molecular complexity index is 845. The molecule has 0 aliphatic rings. The molecular formula is C16H16N4O2.